The normalized spacial score (nSPS) is 36.1. The Hall–Kier alpha value is -0.650. The lowest BCUT2D eigenvalue weighted by Crippen LogP contribution is -2.55. The Morgan fingerprint density at radius 1 is 1.20 bits per heavy atom. The molecular weight excluding hydrogens is 256 g/mol. The molecule has 0 aromatic heterocycles. The quantitative estimate of drug-likeness (QED) is 0.835. The first-order valence-corrected chi connectivity index (χ1v) is 7.81. The van der Waals surface area contributed by atoms with Crippen molar-refractivity contribution in [3.8, 4) is 0 Å². The SMILES string of the molecule is CC1CN(C(=O)CN2C(C)CCCC2CO)CC(C)O1. The van der Waals surface area contributed by atoms with Crippen LogP contribution < -0.4 is 0 Å². The van der Waals surface area contributed by atoms with Crippen LogP contribution in [-0.2, 0) is 9.53 Å². The lowest BCUT2D eigenvalue weighted by atomic mass is 9.97. The minimum Gasteiger partial charge on any atom is -0.395 e. The predicted molar refractivity (Wildman–Crippen MR) is 77.5 cm³/mol. The van der Waals surface area contributed by atoms with E-state index in [0.717, 1.165) is 19.3 Å². The van der Waals surface area contributed by atoms with Crippen molar-refractivity contribution >= 4 is 5.91 Å². The monoisotopic (exact) mass is 284 g/mol. The number of amides is 1. The first kappa shape index (κ1) is 15.7. The molecule has 2 aliphatic heterocycles. The van der Waals surface area contributed by atoms with Gasteiger partial charge in [0.2, 0.25) is 5.91 Å². The number of aliphatic hydroxyl groups excluding tert-OH is 1. The van der Waals surface area contributed by atoms with Crippen molar-refractivity contribution in [3.63, 3.8) is 0 Å². The van der Waals surface area contributed by atoms with E-state index in [2.05, 4.69) is 11.8 Å². The number of hydrogen-bond acceptors (Lipinski definition) is 4. The Balaban J connectivity index is 1.95. The molecule has 1 N–H and O–H groups in total. The van der Waals surface area contributed by atoms with E-state index in [4.69, 9.17) is 4.74 Å². The first-order chi connectivity index (χ1) is 9.51. The van der Waals surface area contributed by atoms with Gasteiger partial charge in [0.25, 0.3) is 0 Å². The molecule has 0 bridgehead atoms. The van der Waals surface area contributed by atoms with E-state index in [1.165, 1.54) is 0 Å². The molecule has 0 aromatic rings. The number of aliphatic hydroxyl groups is 1. The molecule has 5 heteroatoms. The molecule has 0 aliphatic carbocycles. The third kappa shape index (κ3) is 3.71. The Bertz CT molecular complexity index is 327. The minimum atomic E-state index is 0.107. The highest BCUT2D eigenvalue weighted by atomic mass is 16.5. The number of morpholine rings is 1. The molecular formula is C15H28N2O3. The summed E-state index contributed by atoms with van der Waals surface area (Å²) >= 11 is 0. The summed E-state index contributed by atoms with van der Waals surface area (Å²) in [6.07, 6.45) is 3.46. The third-order valence-corrected chi connectivity index (χ3v) is 4.50. The van der Waals surface area contributed by atoms with Crippen LogP contribution in [0.4, 0.5) is 0 Å². The van der Waals surface area contributed by atoms with Gasteiger partial charge in [0, 0.05) is 25.2 Å². The summed E-state index contributed by atoms with van der Waals surface area (Å²) < 4.78 is 5.67. The summed E-state index contributed by atoms with van der Waals surface area (Å²) in [6, 6.07) is 0.513. The molecule has 2 heterocycles. The zero-order valence-electron chi connectivity index (χ0n) is 12.9. The Labute approximate surface area is 121 Å². The molecule has 2 saturated heterocycles. The molecule has 20 heavy (non-hydrogen) atoms. The van der Waals surface area contributed by atoms with Crippen LogP contribution in [0.3, 0.4) is 0 Å². The van der Waals surface area contributed by atoms with Crippen LogP contribution in [0.15, 0.2) is 0 Å². The Morgan fingerprint density at radius 3 is 2.45 bits per heavy atom. The largest absolute Gasteiger partial charge is 0.395 e. The van der Waals surface area contributed by atoms with Gasteiger partial charge >= 0.3 is 0 Å². The zero-order chi connectivity index (χ0) is 14.7. The number of rotatable bonds is 3. The lowest BCUT2D eigenvalue weighted by Gasteiger charge is -2.41. The Morgan fingerprint density at radius 2 is 1.85 bits per heavy atom. The highest BCUT2D eigenvalue weighted by molar-refractivity contribution is 5.78. The van der Waals surface area contributed by atoms with Gasteiger partial charge in [-0.25, -0.2) is 0 Å². The molecule has 2 rings (SSSR count). The fraction of sp³-hybridized carbons (Fsp3) is 0.933. The van der Waals surface area contributed by atoms with Crippen LogP contribution in [0, 0.1) is 0 Å². The van der Waals surface area contributed by atoms with Gasteiger partial charge in [0.1, 0.15) is 0 Å². The van der Waals surface area contributed by atoms with Crippen molar-refractivity contribution in [2.45, 2.75) is 64.3 Å². The van der Waals surface area contributed by atoms with Crippen LogP contribution in [-0.4, -0.2) is 71.3 Å². The molecule has 116 valence electrons. The average Bonchev–Trinajstić information content (AvgIpc) is 2.39. The average molecular weight is 284 g/mol. The second kappa shape index (κ2) is 6.87. The van der Waals surface area contributed by atoms with E-state index in [-0.39, 0.29) is 30.8 Å². The van der Waals surface area contributed by atoms with E-state index in [9.17, 15) is 9.90 Å². The van der Waals surface area contributed by atoms with Gasteiger partial charge < -0.3 is 14.7 Å². The summed E-state index contributed by atoms with van der Waals surface area (Å²) in [5.41, 5.74) is 0. The van der Waals surface area contributed by atoms with Crippen LogP contribution in [0.2, 0.25) is 0 Å². The molecule has 0 saturated carbocycles. The fourth-order valence-corrected chi connectivity index (χ4v) is 3.46. The molecule has 0 radical (unpaired) electrons. The summed E-state index contributed by atoms with van der Waals surface area (Å²) in [7, 11) is 0. The maximum Gasteiger partial charge on any atom is 0.236 e. The topological polar surface area (TPSA) is 53.0 Å². The maximum atomic E-state index is 12.5. The molecule has 4 atom stereocenters. The molecule has 0 spiro atoms. The summed E-state index contributed by atoms with van der Waals surface area (Å²) in [4.78, 5) is 16.6. The van der Waals surface area contributed by atoms with E-state index < -0.39 is 0 Å². The van der Waals surface area contributed by atoms with E-state index in [1.54, 1.807) is 0 Å². The summed E-state index contributed by atoms with van der Waals surface area (Å²) in [5.74, 6) is 0.166. The van der Waals surface area contributed by atoms with Gasteiger partial charge in [-0.2, -0.15) is 0 Å². The zero-order valence-corrected chi connectivity index (χ0v) is 12.9. The van der Waals surface area contributed by atoms with Crippen molar-refractivity contribution < 1.29 is 14.6 Å². The van der Waals surface area contributed by atoms with Gasteiger partial charge in [-0.1, -0.05) is 6.42 Å². The molecule has 2 fully saturated rings. The number of piperidine rings is 1. The second-order valence-electron chi connectivity index (χ2n) is 6.34. The third-order valence-electron chi connectivity index (χ3n) is 4.50. The molecule has 0 aromatic carbocycles. The van der Waals surface area contributed by atoms with Crippen LogP contribution in [0.25, 0.3) is 0 Å². The van der Waals surface area contributed by atoms with Crippen molar-refractivity contribution in [2.75, 3.05) is 26.2 Å². The van der Waals surface area contributed by atoms with Crippen LogP contribution in [0.5, 0.6) is 0 Å². The lowest BCUT2D eigenvalue weighted by molar-refractivity contribution is -0.146. The summed E-state index contributed by atoms with van der Waals surface area (Å²) in [6.45, 7) is 8.09. The molecule has 4 unspecified atom stereocenters. The van der Waals surface area contributed by atoms with Gasteiger partial charge in [-0.3, -0.25) is 9.69 Å². The van der Waals surface area contributed by atoms with Gasteiger partial charge in [0.15, 0.2) is 0 Å². The number of nitrogens with zero attached hydrogens (tertiary/aromatic N) is 2. The van der Waals surface area contributed by atoms with E-state index in [0.29, 0.717) is 25.7 Å². The first-order valence-electron chi connectivity index (χ1n) is 7.81. The maximum absolute atomic E-state index is 12.5. The van der Waals surface area contributed by atoms with Crippen molar-refractivity contribution in [3.05, 3.63) is 0 Å². The summed E-state index contributed by atoms with van der Waals surface area (Å²) in [5, 5.41) is 9.50. The van der Waals surface area contributed by atoms with Crippen molar-refractivity contribution in [1.82, 2.24) is 9.80 Å². The number of carbonyl (C=O) groups excluding carboxylic acids is 1. The van der Waals surface area contributed by atoms with Crippen molar-refractivity contribution in [1.29, 1.82) is 0 Å². The molecule has 5 nitrogen and oxygen atoms in total. The van der Waals surface area contributed by atoms with E-state index in [1.807, 2.05) is 18.7 Å². The van der Waals surface area contributed by atoms with Gasteiger partial charge in [0.05, 0.1) is 25.4 Å². The predicted octanol–water partition coefficient (Wildman–Crippen LogP) is 0.857. The standard InChI is InChI=1S/C15H28N2O3/c1-11-5-4-6-14(10-18)17(11)9-15(19)16-7-12(2)20-13(3)8-16/h11-14,18H,4-10H2,1-3H3. The van der Waals surface area contributed by atoms with Crippen LogP contribution in [0.1, 0.15) is 40.0 Å². The van der Waals surface area contributed by atoms with Crippen molar-refractivity contribution in [2.24, 2.45) is 0 Å². The molecule has 2 aliphatic rings. The number of likely N-dealkylation sites (tertiary alicyclic amines) is 1. The Kier molecular flexibility index (Phi) is 5.41. The van der Waals surface area contributed by atoms with Crippen LogP contribution >= 0.6 is 0 Å². The smallest absolute Gasteiger partial charge is 0.236 e. The highest BCUT2D eigenvalue weighted by Crippen LogP contribution is 2.23. The number of hydrogen-bond donors (Lipinski definition) is 1. The van der Waals surface area contributed by atoms with Gasteiger partial charge in [-0.15, -0.1) is 0 Å². The minimum absolute atomic E-state index is 0.107. The number of carbonyl (C=O) groups is 1. The van der Waals surface area contributed by atoms with Gasteiger partial charge in [-0.05, 0) is 33.6 Å². The fourth-order valence-electron chi connectivity index (χ4n) is 3.46. The molecule has 1 amide bonds. The van der Waals surface area contributed by atoms with E-state index >= 15 is 0 Å². The number of ether oxygens (including phenoxy) is 1. The second-order valence-corrected chi connectivity index (χ2v) is 6.34. The highest BCUT2D eigenvalue weighted by Gasteiger charge is 2.32.